The minimum atomic E-state index is 0.418. The summed E-state index contributed by atoms with van der Waals surface area (Å²) in [5, 5.41) is 14.5. The zero-order valence-electron chi connectivity index (χ0n) is 14.4. The van der Waals surface area contributed by atoms with Crippen LogP contribution in [0, 0.1) is 6.92 Å². The number of benzene rings is 2. The maximum Gasteiger partial charge on any atom is 0.249 e. The topological polar surface area (TPSA) is 72.0 Å². The Morgan fingerprint density at radius 2 is 1.84 bits per heavy atom. The maximum absolute atomic E-state index is 5.60. The molecule has 0 aliphatic rings. The van der Waals surface area contributed by atoms with Crippen molar-refractivity contribution in [3.05, 3.63) is 65.9 Å². The molecule has 0 amide bonds. The number of ether oxygens (including phenoxy) is 1. The number of anilines is 3. The van der Waals surface area contributed by atoms with Crippen molar-refractivity contribution in [1.29, 1.82) is 0 Å². The highest BCUT2D eigenvalue weighted by molar-refractivity contribution is 5.62. The van der Waals surface area contributed by atoms with Crippen molar-refractivity contribution in [1.82, 2.24) is 15.2 Å². The molecule has 6 nitrogen and oxygen atoms in total. The smallest absolute Gasteiger partial charge is 0.249 e. The van der Waals surface area contributed by atoms with E-state index >= 15 is 0 Å². The lowest BCUT2D eigenvalue weighted by molar-refractivity contribution is 0.342. The van der Waals surface area contributed by atoms with Gasteiger partial charge in [-0.15, -0.1) is 5.10 Å². The van der Waals surface area contributed by atoms with Crippen molar-refractivity contribution in [2.75, 3.05) is 17.2 Å². The van der Waals surface area contributed by atoms with E-state index < -0.39 is 0 Å². The van der Waals surface area contributed by atoms with E-state index in [2.05, 4.69) is 57.0 Å². The molecule has 0 aliphatic carbocycles. The molecule has 128 valence electrons. The standard InChI is InChI=1S/C19H21N5O/c1-3-25-17-7-5-4-6-16(17)22-19-23-18(13-21-24-19)20-12-15-10-8-14(2)9-11-15/h4-11,13H,3,12H2,1-2H3,(H2,20,22,23,24). The fourth-order valence-corrected chi connectivity index (χ4v) is 2.31. The number of para-hydroxylation sites is 2. The highest BCUT2D eigenvalue weighted by Crippen LogP contribution is 2.26. The van der Waals surface area contributed by atoms with E-state index in [1.54, 1.807) is 6.20 Å². The number of hydrogen-bond donors (Lipinski definition) is 2. The molecule has 3 aromatic rings. The van der Waals surface area contributed by atoms with Gasteiger partial charge < -0.3 is 15.4 Å². The van der Waals surface area contributed by atoms with Crippen LogP contribution >= 0.6 is 0 Å². The zero-order chi connectivity index (χ0) is 17.5. The number of nitrogens with one attached hydrogen (secondary N) is 2. The molecule has 6 heteroatoms. The average Bonchev–Trinajstić information content (AvgIpc) is 2.63. The van der Waals surface area contributed by atoms with Crippen LogP contribution in [0.15, 0.2) is 54.7 Å². The summed E-state index contributed by atoms with van der Waals surface area (Å²) < 4.78 is 5.60. The van der Waals surface area contributed by atoms with Gasteiger partial charge in [0.25, 0.3) is 0 Å². The van der Waals surface area contributed by atoms with Crippen LogP contribution in [0.5, 0.6) is 5.75 Å². The predicted molar refractivity (Wildman–Crippen MR) is 99.2 cm³/mol. The Morgan fingerprint density at radius 1 is 1.04 bits per heavy atom. The first kappa shape index (κ1) is 16.7. The van der Waals surface area contributed by atoms with Crippen LogP contribution in [0.3, 0.4) is 0 Å². The van der Waals surface area contributed by atoms with E-state index in [9.17, 15) is 0 Å². The molecule has 3 rings (SSSR count). The van der Waals surface area contributed by atoms with Gasteiger partial charge in [0.1, 0.15) is 5.75 Å². The molecule has 0 saturated carbocycles. The maximum atomic E-state index is 5.60. The molecule has 1 heterocycles. The molecular weight excluding hydrogens is 314 g/mol. The molecular formula is C19H21N5O. The van der Waals surface area contributed by atoms with Crippen LogP contribution in [0.1, 0.15) is 18.1 Å². The summed E-state index contributed by atoms with van der Waals surface area (Å²) in [6.07, 6.45) is 1.60. The SMILES string of the molecule is CCOc1ccccc1Nc1nncc(NCc2ccc(C)cc2)n1. The van der Waals surface area contributed by atoms with Gasteiger partial charge in [0.05, 0.1) is 18.5 Å². The molecule has 0 spiro atoms. The van der Waals surface area contributed by atoms with Crippen LogP contribution < -0.4 is 15.4 Å². The first-order chi connectivity index (χ1) is 12.2. The molecule has 0 aliphatic heterocycles. The van der Waals surface area contributed by atoms with Gasteiger partial charge in [-0.25, -0.2) is 0 Å². The van der Waals surface area contributed by atoms with E-state index in [-0.39, 0.29) is 0 Å². The number of hydrogen-bond acceptors (Lipinski definition) is 6. The Bertz CT molecular complexity index is 820. The zero-order valence-corrected chi connectivity index (χ0v) is 14.4. The molecule has 0 bridgehead atoms. The molecule has 0 saturated heterocycles. The second kappa shape index (κ2) is 8.10. The molecule has 1 aromatic heterocycles. The summed E-state index contributed by atoms with van der Waals surface area (Å²) in [6.45, 7) is 5.29. The Labute approximate surface area is 147 Å². The Balaban J connectivity index is 1.68. The monoisotopic (exact) mass is 335 g/mol. The quantitative estimate of drug-likeness (QED) is 0.681. The fourth-order valence-electron chi connectivity index (χ4n) is 2.31. The van der Waals surface area contributed by atoms with Crippen molar-refractivity contribution in [2.45, 2.75) is 20.4 Å². The van der Waals surface area contributed by atoms with Gasteiger partial charge in [-0.2, -0.15) is 10.1 Å². The molecule has 0 radical (unpaired) electrons. The van der Waals surface area contributed by atoms with Crippen molar-refractivity contribution >= 4 is 17.5 Å². The third kappa shape index (κ3) is 4.67. The average molecular weight is 335 g/mol. The van der Waals surface area contributed by atoms with Crippen molar-refractivity contribution in [3.8, 4) is 5.75 Å². The van der Waals surface area contributed by atoms with Crippen LogP contribution in [-0.2, 0) is 6.54 Å². The van der Waals surface area contributed by atoms with E-state index in [1.165, 1.54) is 11.1 Å². The first-order valence-electron chi connectivity index (χ1n) is 8.22. The third-order valence-electron chi connectivity index (χ3n) is 3.59. The predicted octanol–water partition coefficient (Wildman–Crippen LogP) is 3.93. The van der Waals surface area contributed by atoms with Crippen molar-refractivity contribution < 1.29 is 4.74 Å². The summed E-state index contributed by atoms with van der Waals surface area (Å²) in [5.41, 5.74) is 3.23. The van der Waals surface area contributed by atoms with Gasteiger partial charge in [-0.1, -0.05) is 42.0 Å². The number of nitrogens with zero attached hydrogens (tertiary/aromatic N) is 3. The molecule has 25 heavy (non-hydrogen) atoms. The van der Waals surface area contributed by atoms with Crippen molar-refractivity contribution in [3.63, 3.8) is 0 Å². The van der Waals surface area contributed by atoms with Gasteiger partial charge in [-0.05, 0) is 31.5 Å². The molecule has 0 fully saturated rings. The highest BCUT2D eigenvalue weighted by atomic mass is 16.5. The second-order valence-electron chi connectivity index (χ2n) is 5.56. The van der Waals surface area contributed by atoms with Gasteiger partial charge in [0.2, 0.25) is 5.95 Å². The van der Waals surface area contributed by atoms with Gasteiger partial charge in [0.15, 0.2) is 5.82 Å². The van der Waals surface area contributed by atoms with Gasteiger partial charge in [0, 0.05) is 6.54 Å². The fraction of sp³-hybridized carbons (Fsp3) is 0.211. The molecule has 0 atom stereocenters. The second-order valence-corrected chi connectivity index (χ2v) is 5.56. The first-order valence-corrected chi connectivity index (χ1v) is 8.22. The van der Waals surface area contributed by atoms with Crippen LogP contribution in [0.4, 0.5) is 17.5 Å². The summed E-state index contributed by atoms with van der Waals surface area (Å²) in [5.74, 6) is 1.83. The van der Waals surface area contributed by atoms with E-state index in [0.29, 0.717) is 24.9 Å². The van der Waals surface area contributed by atoms with Gasteiger partial charge >= 0.3 is 0 Å². The van der Waals surface area contributed by atoms with Crippen LogP contribution in [0.25, 0.3) is 0 Å². The largest absolute Gasteiger partial charge is 0.492 e. The number of aromatic nitrogens is 3. The molecule has 0 unspecified atom stereocenters. The van der Waals surface area contributed by atoms with E-state index in [1.807, 2.05) is 31.2 Å². The summed E-state index contributed by atoms with van der Waals surface area (Å²) in [4.78, 5) is 4.45. The summed E-state index contributed by atoms with van der Waals surface area (Å²) >= 11 is 0. The Kier molecular flexibility index (Phi) is 5.41. The van der Waals surface area contributed by atoms with Crippen LogP contribution in [0.2, 0.25) is 0 Å². The number of rotatable bonds is 7. The third-order valence-corrected chi connectivity index (χ3v) is 3.59. The minimum absolute atomic E-state index is 0.418. The Morgan fingerprint density at radius 3 is 2.64 bits per heavy atom. The lowest BCUT2D eigenvalue weighted by Crippen LogP contribution is -2.06. The molecule has 2 N–H and O–H groups in total. The minimum Gasteiger partial charge on any atom is -0.492 e. The Hall–Kier alpha value is -3.15. The molecule has 2 aromatic carbocycles. The van der Waals surface area contributed by atoms with E-state index in [0.717, 1.165) is 11.4 Å². The highest BCUT2D eigenvalue weighted by Gasteiger charge is 2.06. The lowest BCUT2D eigenvalue weighted by Gasteiger charge is -2.11. The summed E-state index contributed by atoms with van der Waals surface area (Å²) in [7, 11) is 0. The van der Waals surface area contributed by atoms with Crippen LogP contribution in [-0.4, -0.2) is 21.8 Å². The number of aryl methyl sites for hydroxylation is 1. The normalized spacial score (nSPS) is 10.3. The summed E-state index contributed by atoms with van der Waals surface area (Å²) in [6, 6.07) is 16.0. The van der Waals surface area contributed by atoms with Crippen molar-refractivity contribution in [2.24, 2.45) is 0 Å². The van der Waals surface area contributed by atoms with E-state index in [4.69, 9.17) is 4.74 Å². The lowest BCUT2D eigenvalue weighted by atomic mass is 10.1. The van der Waals surface area contributed by atoms with Gasteiger partial charge in [-0.3, -0.25) is 0 Å².